The van der Waals surface area contributed by atoms with Crippen molar-refractivity contribution in [3.63, 3.8) is 0 Å². The number of rotatable bonds is 17. The van der Waals surface area contributed by atoms with Crippen LogP contribution in [0, 0.1) is 10.1 Å². The fourth-order valence-electron chi connectivity index (χ4n) is 5.92. The first-order valence-electron chi connectivity index (χ1n) is 16.1. The summed E-state index contributed by atoms with van der Waals surface area (Å²) in [6.45, 7) is 6.43. The van der Waals surface area contributed by atoms with Gasteiger partial charge in [-0.3, -0.25) is 19.9 Å². The Labute approximate surface area is 255 Å². The van der Waals surface area contributed by atoms with Gasteiger partial charge in [-0.05, 0) is 69.6 Å². The number of carbonyl (C=O) groups excluding carboxylic acids is 2. The lowest BCUT2D eigenvalue weighted by Crippen LogP contribution is -2.59. The molecule has 2 fully saturated rings. The first-order valence-corrected chi connectivity index (χ1v) is 16.1. The van der Waals surface area contributed by atoms with Gasteiger partial charge in [0.25, 0.3) is 11.9 Å². The first-order chi connectivity index (χ1) is 20.8. The molecule has 43 heavy (non-hydrogen) atoms. The van der Waals surface area contributed by atoms with Crippen molar-refractivity contribution >= 4 is 23.5 Å². The van der Waals surface area contributed by atoms with Crippen molar-refractivity contribution in [2.75, 3.05) is 25.0 Å². The molecular formula is C31H51N7O5. The number of guanidine groups is 1. The molecule has 4 N–H and O–H groups in total. The van der Waals surface area contributed by atoms with E-state index in [1.165, 1.54) is 32.1 Å². The summed E-state index contributed by atoms with van der Waals surface area (Å²) in [5.41, 5.74) is 7.07. The minimum Gasteiger partial charge on any atom is -0.465 e. The van der Waals surface area contributed by atoms with E-state index in [-0.39, 0.29) is 23.9 Å². The third-order valence-electron chi connectivity index (χ3n) is 8.26. The Hall–Kier alpha value is -3.25. The van der Waals surface area contributed by atoms with E-state index in [1.807, 2.05) is 17.1 Å². The third kappa shape index (κ3) is 11.7. The lowest BCUT2D eigenvalue weighted by Gasteiger charge is -2.43. The van der Waals surface area contributed by atoms with Crippen LogP contribution in [0.25, 0.3) is 0 Å². The van der Waals surface area contributed by atoms with Gasteiger partial charge in [0, 0.05) is 24.8 Å². The van der Waals surface area contributed by atoms with E-state index in [0.717, 1.165) is 57.2 Å². The van der Waals surface area contributed by atoms with Gasteiger partial charge < -0.3 is 15.8 Å². The van der Waals surface area contributed by atoms with Crippen LogP contribution in [0.15, 0.2) is 29.4 Å². The highest BCUT2D eigenvalue weighted by Crippen LogP contribution is 2.24. The summed E-state index contributed by atoms with van der Waals surface area (Å²) >= 11 is 0. The Bertz CT molecular complexity index is 1050. The first kappa shape index (κ1) is 34.2. The molecule has 0 spiro atoms. The van der Waals surface area contributed by atoms with Crippen LogP contribution in [0.4, 0.5) is 5.69 Å². The molecule has 2 saturated heterocycles. The Morgan fingerprint density at radius 1 is 1.09 bits per heavy atom. The number of nitrogens with two attached hydrogens (primary N) is 1. The molecule has 0 unspecified atom stereocenters. The number of ether oxygens (including phenoxy) is 1. The smallest absolute Gasteiger partial charge is 0.323 e. The maximum Gasteiger partial charge on any atom is 0.323 e. The van der Waals surface area contributed by atoms with E-state index in [1.54, 1.807) is 12.1 Å². The minimum atomic E-state index is -0.861. The van der Waals surface area contributed by atoms with Crippen molar-refractivity contribution in [2.45, 2.75) is 122 Å². The number of hydrazone groups is 1. The van der Waals surface area contributed by atoms with Gasteiger partial charge in [0.15, 0.2) is 5.03 Å². The molecule has 12 heteroatoms. The van der Waals surface area contributed by atoms with E-state index in [2.05, 4.69) is 34.6 Å². The minimum absolute atomic E-state index is 0.0370. The second-order valence-corrected chi connectivity index (χ2v) is 11.8. The quantitative estimate of drug-likeness (QED) is 0.0581. The van der Waals surface area contributed by atoms with Gasteiger partial charge in [0.1, 0.15) is 11.1 Å². The number of nitrogens with one attached hydrogen (secondary N) is 2. The number of benzene rings is 1. The van der Waals surface area contributed by atoms with Gasteiger partial charge in [0.2, 0.25) is 0 Å². The molecule has 0 bridgehead atoms. The number of aryl methyl sites for hydroxylation is 1. The maximum atomic E-state index is 13.6. The molecule has 0 aliphatic carbocycles. The van der Waals surface area contributed by atoms with E-state index in [0.29, 0.717) is 31.6 Å². The summed E-state index contributed by atoms with van der Waals surface area (Å²) in [6, 6.07) is 6.33. The highest BCUT2D eigenvalue weighted by Gasteiger charge is 2.38. The van der Waals surface area contributed by atoms with E-state index < -0.39 is 17.1 Å². The van der Waals surface area contributed by atoms with Gasteiger partial charge in [-0.25, -0.2) is 15.1 Å². The lowest BCUT2D eigenvalue weighted by molar-refractivity contribution is -0.485. The third-order valence-corrected chi connectivity index (χ3v) is 8.26. The van der Waals surface area contributed by atoms with Crippen LogP contribution in [0.2, 0.25) is 0 Å². The van der Waals surface area contributed by atoms with Gasteiger partial charge >= 0.3 is 5.97 Å². The van der Waals surface area contributed by atoms with Gasteiger partial charge in [0.05, 0.1) is 12.6 Å². The lowest BCUT2D eigenvalue weighted by atomic mass is 10.0. The van der Waals surface area contributed by atoms with Crippen LogP contribution >= 0.6 is 0 Å². The van der Waals surface area contributed by atoms with Gasteiger partial charge in [-0.1, -0.05) is 64.0 Å². The molecule has 1 aromatic rings. The fourth-order valence-corrected chi connectivity index (χ4v) is 5.92. The molecule has 3 atom stereocenters. The van der Waals surface area contributed by atoms with Crippen LogP contribution in [0.3, 0.4) is 0 Å². The number of hydrogen-bond donors (Lipinski definition) is 3. The number of hydrogen-bond acceptors (Lipinski definition) is 7. The number of fused-ring (bicyclic) bond motifs is 1. The number of anilines is 1. The summed E-state index contributed by atoms with van der Waals surface area (Å²) in [4.78, 5) is 37.5. The molecule has 0 radical (unpaired) electrons. The molecule has 2 aliphatic heterocycles. The second-order valence-electron chi connectivity index (χ2n) is 11.8. The van der Waals surface area contributed by atoms with Gasteiger partial charge in [-0.2, -0.15) is 0 Å². The molecule has 1 amide bonds. The molecule has 3 rings (SSSR count). The average molecular weight is 602 g/mol. The Kier molecular flexibility index (Phi) is 14.7. The van der Waals surface area contributed by atoms with Crippen LogP contribution < -0.4 is 16.4 Å². The van der Waals surface area contributed by atoms with Crippen LogP contribution in [-0.4, -0.2) is 70.7 Å². The van der Waals surface area contributed by atoms with E-state index in [9.17, 15) is 19.7 Å². The van der Waals surface area contributed by atoms with Gasteiger partial charge in [-0.15, -0.1) is 0 Å². The van der Waals surface area contributed by atoms with Crippen molar-refractivity contribution in [2.24, 2.45) is 10.8 Å². The van der Waals surface area contributed by atoms with Crippen LogP contribution in [-0.2, 0) is 20.7 Å². The van der Waals surface area contributed by atoms with Crippen molar-refractivity contribution in [1.29, 1.82) is 0 Å². The fraction of sp³-hybridized carbons (Fsp3) is 0.710. The summed E-state index contributed by atoms with van der Waals surface area (Å²) in [7, 11) is 0. The molecule has 1 aromatic carbocycles. The van der Waals surface area contributed by atoms with Crippen LogP contribution in [0.1, 0.15) is 103 Å². The molecule has 2 heterocycles. The number of nitrogens with zero attached hydrogens (tertiary/aromatic N) is 4. The Balaban J connectivity index is 1.59. The average Bonchev–Trinajstić information content (AvgIpc) is 3.13. The summed E-state index contributed by atoms with van der Waals surface area (Å²) < 4.78 is 5.74. The Morgan fingerprint density at radius 3 is 2.42 bits per heavy atom. The maximum absolute atomic E-state index is 13.6. The van der Waals surface area contributed by atoms with E-state index >= 15 is 0 Å². The molecule has 0 aromatic heterocycles. The normalized spacial score (nSPS) is 20.3. The Morgan fingerprint density at radius 2 is 1.74 bits per heavy atom. The van der Waals surface area contributed by atoms with E-state index in [4.69, 9.17) is 10.5 Å². The predicted molar refractivity (Wildman–Crippen MR) is 168 cm³/mol. The van der Waals surface area contributed by atoms with Crippen molar-refractivity contribution < 1.29 is 19.4 Å². The number of nitro groups is 1. The second kappa shape index (κ2) is 18.4. The SMILES string of the molecule is CCCCCCCCCCOC(=O)[C@H](CCc1ccc(NC(N)=N[N+](=O)[O-])cc1)N[C@H]1CCCN2CCC[C@H](C)N2C1=O. The largest absolute Gasteiger partial charge is 0.465 e. The summed E-state index contributed by atoms with van der Waals surface area (Å²) in [6.07, 6.45) is 14.0. The number of unbranched alkanes of at least 4 members (excludes halogenated alkanes) is 7. The number of hydrazine groups is 1. The number of amides is 1. The topological polar surface area (TPSA) is 155 Å². The molecule has 2 aliphatic rings. The van der Waals surface area contributed by atoms with Crippen LogP contribution in [0.5, 0.6) is 0 Å². The number of esters is 1. The van der Waals surface area contributed by atoms with Crippen molar-refractivity contribution in [3.8, 4) is 0 Å². The highest BCUT2D eigenvalue weighted by atomic mass is 16.7. The highest BCUT2D eigenvalue weighted by molar-refractivity contribution is 5.91. The monoisotopic (exact) mass is 601 g/mol. The zero-order valence-corrected chi connectivity index (χ0v) is 26.0. The predicted octanol–water partition coefficient (Wildman–Crippen LogP) is 4.57. The zero-order chi connectivity index (χ0) is 31.0. The summed E-state index contributed by atoms with van der Waals surface area (Å²) in [5.74, 6) is -0.587. The molecular weight excluding hydrogens is 550 g/mol. The summed E-state index contributed by atoms with van der Waals surface area (Å²) in [5, 5.41) is 22.9. The van der Waals surface area contributed by atoms with Crippen molar-refractivity contribution in [1.82, 2.24) is 15.3 Å². The zero-order valence-electron chi connectivity index (χ0n) is 26.0. The molecule has 12 nitrogen and oxygen atoms in total. The molecule has 240 valence electrons. The standard InChI is InChI=1S/C31H51N7O5/c1-3-4-5-6-7-8-9-10-23-43-30(40)28(20-17-25-15-18-26(19-16-25)33-31(32)35-38(41)42)34-27-14-12-22-36-21-11-13-24(2)37(36)29(27)39/h15-16,18-19,24,27-28,34H,3-14,17,20-23H2,1-2H3,(H3,32,33,35)/t24-,27-,28-/m0/s1. The van der Waals surface area contributed by atoms with Crippen molar-refractivity contribution in [3.05, 3.63) is 39.9 Å². The number of carbonyl (C=O) groups is 2. The molecule has 0 saturated carbocycles.